The summed E-state index contributed by atoms with van der Waals surface area (Å²) in [6, 6.07) is 0. The molecule has 0 aromatic rings. The van der Waals surface area contributed by atoms with Crippen molar-refractivity contribution in [3.8, 4) is 0 Å². The van der Waals surface area contributed by atoms with Gasteiger partial charge < -0.3 is 123 Å². The van der Waals surface area contributed by atoms with Crippen molar-refractivity contribution < 1.29 is 128 Å². The molecule has 26 nitrogen and oxygen atoms in total. The molecular formula is C58H94O26. The van der Waals surface area contributed by atoms with Gasteiger partial charge in [-0.1, -0.05) is 31.6 Å². The van der Waals surface area contributed by atoms with Crippen LogP contribution >= 0.6 is 0 Å². The quantitative estimate of drug-likeness (QED) is 0.0420. The van der Waals surface area contributed by atoms with Gasteiger partial charge >= 0.3 is 5.97 Å². The average molecular weight is 1210 g/mol. The van der Waals surface area contributed by atoms with E-state index in [0.717, 1.165) is 19.3 Å². The Labute approximate surface area is 489 Å². The fourth-order valence-corrected chi connectivity index (χ4v) is 15.5. The van der Waals surface area contributed by atoms with E-state index in [1.165, 1.54) is 12.7 Å². The lowest BCUT2D eigenvalue weighted by atomic mass is 9.45. The number of carbonyl (C=O) groups excluding carboxylic acids is 1. The standard InChI is InChI=1S/C58H94O26/c1-10-24(2)51(70)83-49-27(5)78-55(47(69)50(49)73-9)84-48-26(4)76-37(20-33(48)72-8)79-29-13-16-56(6)28(19-29)11-12-32-31(56)14-17-57(7)30(15-18-58(32,57)71)25(3)77-54-46(68)43(65)40(62)36(82-54)23-75-53-45(67)42(64)39(61)35(81-53)22-74-52-44(66)41(63)38(60)34(21-59)80-52/h10-11,25-27,29-50,52-55,59-69,71H,12-23H2,1-9H3/b24-10+/t25-,26+,27+,29-,30+,31-,32+,33+,34+,35+,36+,37-,38+,39+,40+,41-,42-,43-,44+,45+,46+,47+,48+,49+,50+,52+,53+,54+,55-,56-,57+,58-/m0/s1. The molecule has 8 fully saturated rings. The molecule has 3 saturated carbocycles. The molecule has 32 atom stereocenters. The number of allylic oxidation sites excluding steroid dienone is 2. The summed E-state index contributed by atoms with van der Waals surface area (Å²) in [5.74, 6) is -0.604. The summed E-state index contributed by atoms with van der Waals surface area (Å²) in [5.41, 5.74) is -0.141. The number of carbonyl (C=O) groups is 1. The lowest BCUT2D eigenvalue weighted by Gasteiger charge is -2.61. The van der Waals surface area contributed by atoms with Crippen LogP contribution in [0.3, 0.4) is 0 Å². The number of fused-ring (bicyclic) bond motifs is 5. The average Bonchev–Trinajstić information content (AvgIpc) is 2.43. The molecule has 5 saturated heterocycles. The smallest absolute Gasteiger partial charge is 0.333 e. The molecule has 5 aliphatic heterocycles. The zero-order valence-corrected chi connectivity index (χ0v) is 49.5. The first-order chi connectivity index (χ1) is 39.7. The van der Waals surface area contributed by atoms with Crippen molar-refractivity contribution in [1.29, 1.82) is 0 Å². The second-order valence-electron chi connectivity index (χ2n) is 25.5. The van der Waals surface area contributed by atoms with Crippen molar-refractivity contribution in [1.82, 2.24) is 0 Å². The van der Waals surface area contributed by atoms with Gasteiger partial charge in [-0.25, -0.2) is 4.79 Å². The minimum Gasteiger partial charge on any atom is -0.453 e. The van der Waals surface area contributed by atoms with E-state index in [9.17, 15) is 66.1 Å². The van der Waals surface area contributed by atoms with Gasteiger partial charge in [-0.05, 0) is 109 Å². The zero-order chi connectivity index (χ0) is 61.1. The van der Waals surface area contributed by atoms with Crippen molar-refractivity contribution in [2.75, 3.05) is 34.0 Å². The number of aliphatic hydroxyl groups excluding tert-OH is 11. The Morgan fingerprint density at radius 1 is 0.667 bits per heavy atom. The van der Waals surface area contributed by atoms with Crippen molar-refractivity contribution in [2.24, 2.45) is 28.6 Å². The Hall–Kier alpha value is -2.01. The second kappa shape index (κ2) is 26.8. The maximum Gasteiger partial charge on any atom is 0.333 e. The number of hydrogen-bond donors (Lipinski definition) is 12. The summed E-state index contributed by atoms with van der Waals surface area (Å²) < 4.78 is 77.8. The van der Waals surface area contributed by atoms with Crippen molar-refractivity contribution in [2.45, 2.75) is 271 Å². The highest BCUT2D eigenvalue weighted by atomic mass is 16.8. The molecule has 0 spiro atoms. The second-order valence-corrected chi connectivity index (χ2v) is 25.5. The molecule has 26 heteroatoms. The van der Waals surface area contributed by atoms with Gasteiger partial charge in [0.25, 0.3) is 0 Å². The van der Waals surface area contributed by atoms with Gasteiger partial charge in [0, 0.05) is 31.6 Å². The van der Waals surface area contributed by atoms with Crippen LogP contribution < -0.4 is 0 Å². The van der Waals surface area contributed by atoms with Gasteiger partial charge in [-0.2, -0.15) is 0 Å². The molecule has 0 radical (unpaired) electrons. The van der Waals surface area contributed by atoms with Gasteiger partial charge in [0.1, 0.15) is 91.6 Å². The van der Waals surface area contributed by atoms with Gasteiger partial charge in [0.15, 0.2) is 37.6 Å². The van der Waals surface area contributed by atoms with E-state index >= 15 is 0 Å². The fraction of sp³-hybridized carbons (Fsp3) is 0.914. The van der Waals surface area contributed by atoms with Crippen molar-refractivity contribution in [3.63, 3.8) is 0 Å². The SMILES string of the molecule is C/C=C(\C)C(=O)O[C@H]1[C@H](OC)[C@@H](O)[C@H](O[C@@H]2[C@@H](C)O[C@@H](O[C@H]3CC[C@@]4(C)C(=CC[C@@H]5[C@@H]4CC[C@]4(C)[C@@H]([C@H](C)O[C@@H]6O[C@H](CO[C@@H]7O[C@H](CO[C@@H]8O[C@H](CO)[C@@H](O)[C@H](O)[C@H]8O)[C@@H](O)[C@H](O)[C@H]7O)[C@@H](O)[C@H](O)[C@H]6O)CC[C@]54O)C3)C[C@H]2OC)O[C@@H]1C. The van der Waals surface area contributed by atoms with E-state index < -0.39 is 190 Å². The summed E-state index contributed by atoms with van der Waals surface area (Å²) in [6.07, 6.45) is -22.5. The highest BCUT2D eigenvalue weighted by Crippen LogP contribution is 2.68. The Bertz CT molecular complexity index is 2260. The van der Waals surface area contributed by atoms with Gasteiger partial charge in [-0.15, -0.1) is 0 Å². The number of rotatable bonds is 18. The van der Waals surface area contributed by atoms with E-state index in [-0.39, 0.29) is 29.3 Å². The molecule has 12 N–H and O–H groups in total. The van der Waals surface area contributed by atoms with Gasteiger partial charge in [0.05, 0.1) is 55.9 Å². The van der Waals surface area contributed by atoms with Crippen LogP contribution in [0.5, 0.6) is 0 Å². The number of aliphatic hydroxyl groups is 12. The Morgan fingerprint density at radius 2 is 1.25 bits per heavy atom. The van der Waals surface area contributed by atoms with E-state index in [2.05, 4.69) is 19.9 Å². The van der Waals surface area contributed by atoms with Gasteiger partial charge in [0.2, 0.25) is 0 Å². The summed E-state index contributed by atoms with van der Waals surface area (Å²) in [4.78, 5) is 12.6. The van der Waals surface area contributed by atoms with Crippen LogP contribution in [-0.2, 0) is 66.4 Å². The van der Waals surface area contributed by atoms with Crippen LogP contribution in [0.25, 0.3) is 0 Å². The number of esters is 1. The minimum absolute atomic E-state index is 0.0513. The maximum absolute atomic E-state index is 13.1. The van der Waals surface area contributed by atoms with Crippen LogP contribution in [0.15, 0.2) is 23.3 Å². The lowest BCUT2D eigenvalue weighted by molar-refractivity contribution is -0.346. The Balaban J connectivity index is 0.778. The van der Waals surface area contributed by atoms with Crippen LogP contribution in [-0.4, -0.2) is 267 Å². The van der Waals surface area contributed by atoms with Crippen LogP contribution in [0.2, 0.25) is 0 Å². The van der Waals surface area contributed by atoms with E-state index in [1.54, 1.807) is 34.0 Å². The predicted molar refractivity (Wildman–Crippen MR) is 286 cm³/mol. The largest absolute Gasteiger partial charge is 0.453 e. The molecule has 9 aliphatic rings. The van der Waals surface area contributed by atoms with Crippen LogP contribution in [0, 0.1) is 28.6 Å². The molecule has 5 heterocycles. The highest BCUT2D eigenvalue weighted by molar-refractivity contribution is 5.87. The summed E-state index contributed by atoms with van der Waals surface area (Å²) in [5, 5.41) is 130. The molecular weight excluding hydrogens is 1110 g/mol. The first-order valence-corrected chi connectivity index (χ1v) is 29.9. The molecule has 9 rings (SSSR count). The molecule has 4 aliphatic carbocycles. The number of hydrogen-bond acceptors (Lipinski definition) is 26. The van der Waals surface area contributed by atoms with Crippen molar-refractivity contribution in [3.05, 3.63) is 23.3 Å². The number of methoxy groups -OCH3 is 2. The zero-order valence-electron chi connectivity index (χ0n) is 49.5. The van der Waals surface area contributed by atoms with Crippen molar-refractivity contribution >= 4 is 5.97 Å². The monoisotopic (exact) mass is 1210 g/mol. The predicted octanol–water partition coefficient (Wildman–Crippen LogP) is -1.55. The normalized spacial score (nSPS) is 51.2. The lowest BCUT2D eigenvalue weighted by Crippen LogP contribution is -2.63. The minimum atomic E-state index is -1.85. The third-order valence-corrected chi connectivity index (χ3v) is 20.9. The molecule has 0 bridgehead atoms. The van der Waals surface area contributed by atoms with Gasteiger partial charge in [-0.3, -0.25) is 0 Å². The third-order valence-electron chi connectivity index (χ3n) is 20.9. The summed E-state index contributed by atoms with van der Waals surface area (Å²) in [6.45, 7) is 11.3. The van der Waals surface area contributed by atoms with E-state index in [4.69, 9.17) is 61.6 Å². The molecule has 0 aromatic carbocycles. The molecule has 84 heavy (non-hydrogen) atoms. The highest BCUT2D eigenvalue weighted by Gasteiger charge is 2.67. The Morgan fingerprint density at radius 3 is 1.85 bits per heavy atom. The Kier molecular flexibility index (Phi) is 21.2. The van der Waals surface area contributed by atoms with Crippen LogP contribution in [0.4, 0.5) is 0 Å². The van der Waals surface area contributed by atoms with E-state index in [0.29, 0.717) is 44.1 Å². The maximum atomic E-state index is 13.1. The summed E-state index contributed by atoms with van der Waals surface area (Å²) >= 11 is 0. The molecule has 482 valence electrons. The van der Waals surface area contributed by atoms with E-state index in [1.807, 2.05) is 13.8 Å². The molecule has 0 amide bonds. The third kappa shape index (κ3) is 12.5. The first kappa shape index (κ1) is 66.4. The first-order valence-electron chi connectivity index (χ1n) is 29.9. The number of ether oxygens (including phenoxy) is 13. The summed E-state index contributed by atoms with van der Waals surface area (Å²) in [7, 11) is 3.02. The topological polar surface area (TPSA) is 380 Å². The van der Waals surface area contributed by atoms with Crippen LogP contribution in [0.1, 0.15) is 106 Å². The molecule has 0 aromatic heterocycles. The molecule has 0 unspecified atom stereocenters. The fourth-order valence-electron chi connectivity index (χ4n) is 15.5.